The van der Waals surface area contributed by atoms with E-state index in [4.69, 9.17) is 17.0 Å². The van der Waals surface area contributed by atoms with E-state index < -0.39 is 20.8 Å². The standard InChI is InChI=1S/C20H21.C12H7Si.2ClH.Zr/c1-4-15-12-17-11-10-16(5-2)20(19(17)13-15)18-9-7-6-8-14(18)3;1-3-7-11-9(5-1)10-6-2-4-8-12(10)13-11;;;/h6-13H,4-5H2,1-3H3;1-7H;2*1H;/q2*-1;;;+4/p-2. The fourth-order valence-electron chi connectivity index (χ4n) is 4.79. The Balaban J connectivity index is 0.000000163. The second kappa shape index (κ2) is 13.1. The van der Waals surface area contributed by atoms with Crippen molar-refractivity contribution in [3.63, 3.8) is 0 Å². The smallest absolute Gasteiger partial charge is 0.0920 e. The van der Waals surface area contributed by atoms with Gasteiger partial charge in [-0.1, -0.05) is 84.3 Å². The molecule has 2 radical (unpaired) electrons. The molecule has 1 heterocycles. The van der Waals surface area contributed by atoms with Crippen molar-refractivity contribution in [2.75, 3.05) is 0 Å². The predicted octanol–water partition coefficient (Wildman–Crippen LogP) is 8.16. The van der Waals surface area contributed by atoms with Crippen LogP contribution in [0.4, 0.5) is 0 Å². The monoisotopic (exact) mass is 600 g/mol. The summed E-state index contributed by atoms with van der Waals surface area (Å²) in [6.45, 7) is 6.67. The number of benzene rings is 4. The van der Waals surface area contributed by atoms with E-state index in [0.717, 1.165) is 22.4 Å². The van der Waals surface area contributed by atoms with Gasteiger partial charge in [0.2, 0.25) is 0 Å². The van der Waals surface area contributed by atoms with Crippen molar-refractivity contribution in [1.82, 2.24) is 0 Å². The van der Waals surface area contributed by atoms with Crippen LogP contribution in [0.15, 0.2) is 91.0 Å². The first kappa shape index (κ1) is 27.2. The number of halogens is 2. The maximum atomic E-state index is 4.93. The largest absolute Gasteiger partial charge is 0.184 e. The fourth-order valence-corrected chi connectivity index (χ4v) is 6.10. The molecular formula is C32H28Cl2SiZr. The molecule has 1 aliphatic rings. The van der Waals surface area contributed by atoms with Crippen LogP contribution < -0.4 is 10.4 Å². The summed E-state index contributed by atoms with van der Waals surface area (Å²) in [6.07, 6.45) is 2.18. The molecule has 0 N–H and O–H groups in total. The molecule has 0 fully saturated rings. The van der Waals surface area contributed by atoms with E-state index in [1.54, 1.807) is 0 Å². The molecule has 0 atom stereocenters. The van der Waals surface area contributed by atoms with E-state index in [2.05, 4.69) is 112 Å². The van der Waals surface area contributed by atoms with Gasteiger partial charge in [0.1, 0.15) is 0 Å². The normalized spacial score (nSPS) is 10.9. The van der Waals surface area contributed by atoms with Crippen LogP contribution in [0, 0.1) is 13.0 Å². The summed E-state index contributed by atoms with van der Waals surface area (Å²) in [7, 11) is 10.7. The Morgan fingerprint density at radius 1 is 0.833 bits per heavy atom. The molecule has 5 aromatic carbocycles. The molecule has 0 amide bonds. The van der Waals surface area contributed by atoms with Crippen LogP contribution in [0.3, 0.4) is 0 Å². The Morgan fingerprint density at radius 2 is 1.53 bits per heavy atom. The summed E-state index contributed by atoms with van der Waals surface area (Å²) in [6, 6.07) is 36.2. The van der Waals surface area contributed by atoms with Crippen molar-refractivity contribution >= 4 is 47.7 Å². The van der Waals surface area contributed by atoms with Crippen LogP contribution in [0.1, 0.15) is 30.5 Å². The van der Waals surface area contributed by atoms with Crippen molar-refractivity contribution in [2.24, 2.45) is 0 Å². The maximum Gasteiger partial charge on any atom is 0.0920 e. The average molecular weight is 603 g/mol. The van der Waals surface area contributed by atoms with E-state index >= 15 is 0 Å². The van der Waals surface area contributed by atoms with Gasteiger partial charge in [-0.2, -0.15) is 35.5 Å². The van der Waals surface area contributed by atoms with Crippen LogP contribution in [-0.4, -0.2) is 9.52 Å². The molecule has 0 aliphatic carbocycles. The quantitative estimate of drug-likeness (QED) is 0.142. The molecule has 0 saturated carbocycles. The van der Waals surface area contributed by atoms with Gasteiger partial charge in [-0.3, -0.25) is 0 Å². The zero-order valence-electron chi connectivity index (χ0n) is 20.8. The third-order valence-corrected chi connectivity index (χ3v) is 7.94. The first-order chi connectivity index (χ1) is 17.6. The van der Waals surface area contributed by atoms with Crippen molar-refractivity contribution in [3.05, 3.63) is 114 Å². The van der Waals surface area contributed by atoms with Crippen molar-refractivity contribution in [1.29, 1.82) is 0 Å². The molecule has 5 aromatic rings. The first-order valence-electron chi connectivity index (χ1n) is 12.2. The molecule has 1 aliphatic heterocycles. The summed E-state index contributed by atoms with van der Waals surface area (Å²) in [4.78, 5) is 0. The topological polar surface area (TPSA) is 0 Å². The van der Waals surface area contributed by atoms with Crippen LogP contribution in [0.2, 0.25) is 0 Å². The average Bonchev–Trinajstić information content (AvgIpc) is 3.51. The number of aryl methyl sites for hydroxylation is 3. The van der Waals surface area contributed by atoms with Gasteiger partial charge in [-0.05, 0) is 30.9 Å². The van der Waals surface area contributed by atoms with Gasteiger partial charge >= 0.3 is 37.9 Å². The Kier molecular flexibility index (Phi) is 9.91. The van der Waals surface area contributed by atoms with Gasteiger partial charge in [0.25, 0.3) is 0 Å². The number of fused-ring (bicyclic) bond motifs is 4. The third-order valence-electron chi connectivity index (χ3n) is 6.57. The molecule has 0 aromatic heterocycles. The third kappa shape index (κ3) is 6.00. The van der Waals surface area contributed by atoms with Crippen LogP contribution in [0.5, 0.6) is 0 Å². The molecule has 0 saturated heterocycles. The van der Waals surface area contributed by atoms with E-state index in [1.165, 1.54) is 60.1 Å². The summed E-state index contributed by atoms with van der Waals surface area (Å²) in [5.41, 5.74) is 9.81. The Bertz CT molecular complexity index is 1410. The first-order valence-corrected chi connectivity index (χ1v) is 19.5. The molecule has 6 rings (SSSR count). The minimum Gasteiger partial charge on any atom is -0.184 e. The van der Waals surface area contributed by atoms with Crippen molar-refractivity contribution in [3.8, 4) is 22.3 Å². The molecule has 0 bridgehead atoms. The molecule has 36 heavy (non-hydrogen) atoms. The van der Waals surface area contributed by atoms with Gasteiger partial charge < -0.3 is 0 Å². The van der Waals surface area contributed by atoms with Gasteiger partial charge in [0, 0.05) is 0 Å². The number of hydrogen-bond donors (Lipinski definition) is 0. The Labute approximate surface area is 236 Å². The fraction of sp³-hybridized carbons (Fsp3) is 0.156. The predicted molar refractivity (Wildman–Crippen MR) is 156 cm³/mol. The second-order valence-corrected chi connectivity index (χ2v) is 13.7. The van der Waals surface area contributed by atoms with E-state index in [1.807, 2.05) is 6.07 Å². The van der Waals surface area contributed by atoms with E-state index in [-0.39, 0.29) is 0 Å². The number of rotatable bonds is 3. The Hall–Kier alpha value is -1.83. The SMILES string of the molecule is CCc1cc2c(-c3ccccc3C)c(CC)ccc2[cH-]1.[Cl][Zr+2][Cl].[c-]1cccc2c1[Si]c1ccccc1-2. The van der Waals surface area contributed by atoms with Crippen molar-refractivity contribution < 1.29 is 20.8 Å². The minimum atomic E-state index is -0.826. The summed E-state index contributed by atoms with van der Waals surface area (Å²) < 4.78 is 0. The molecule has 178 valence electrons. The summed E-state index contributed by atoms with van der Waals surface area (Å²) in [5.74, 6) is 0. The van der Waals surface area contributed by atoms with Gasteiger partial charge in [-0.15, -0.1) is 40.1 Å². The molecule has 4 heteroatoms. The minimum absolute atomic E-state index is 0.795. The second-order valence-electron chi connectivity index (χ2n) is 8.69. The van der Waals surface area contributed by atoms with Gasteiger partial charge in [-0.25, -0.2) is 0 Å². The molecule has 0 spiro atoms. The molecule has 0 unspecified atom stereocenters. The molecular weight excluding hydrogens is 575 g/mol. The van der Waals surface area contributed by atoms with Crippen LogP contribution in [-0.2, 0) is 33.7 Å². The van der Waals surface area contributed by atoms with Crippen LogP contribution in [0.25, 0.3) is 33.0 Å². The zero-order chi connectivity index (χ0) is 25.5. The van der Waals surface area contributed by atoms with Gasteiger partial charge in [0.05, 0.1) is 9.52 Å². The zero-order valence-corrected chi connectivity index (χ0v) is 25.8. The summed E-state index contributed by atoms with van der Waals surface area (Å²) in [5, 5.41) is 5.61. The summed E-state index contributed by atoms with van der Waals surface area (Å²) >= 11 is -0.826. The van der Waals surface area contributed by atoms with Crippen molar-refractivity contribution in [2.45, 2.75) is 33.6 Å². The van der Waals surface area contributed by atoms with Gasteiger partial charge in [0.15, 0.2) is 0 Å². The molecule has 0 nitrogen and oxygen atoms in total. The van der Waals surface area contributed by atoms with Crippen LogP contribution >= 0.6 is 17.0 Å². The Morgan fingerprint density at radius 3 is 2.25 bits per heavy atom. The van der Waals surface area contributed by atoms with E-state index in [0.29, 0.717) is 0 Å². The maximum absolute atomic E-state index is 4.93. The van der Waals surface area contributed by atoms with E-state index in [9.17, 15) is 0 Å². The number of hydrogen-bond acceptors (Lipinski definition) is 0.